The highest BCUT2D eigenvalue weighted by Crippen LogP contribution is 2.11. The Hall–Kier alpha value is -0.510. The van der Waals surface area contributed by atoms with Crippen molar-refractivity contribution in [3.05, 3.63) is 0 Å². The summed E-state index contributed by atoms with van der Waals surface area (Å²) in [6.45, 7) is 3.67. The highest BCUT2D eigenvalue weighted by Gasteiger charge is 2.21. The van der Waals surface area contributed by atoms with E-state index in [1.165, 1.54) is 7.11 Å². The zero-order chi connectivity index (χ0) is 11.8. The molecule has 88 valence electrons. The van der Waals surface area contributed by atoms with Crippen molar-refractivity contribution in [2.75, 3.05) is 24.9 Å². The Labute approximate surface area is 94.9 Å². The molecule has 0 heterocycles. The molecule has 1 unspecified atom stereocenters. The molecule has 0 aromatic rings. The summed E-state index contributed by atoms with van der Waals surface area (Å²) in [4.78, 5) is 22.2. The average molecular weight is 233 g/mol. The summed E-state index contributed by atoms with van der Waals surface area (Å²) in [7, 11) is 1.44. The number of ether oxygens (including phenoxy) is 1. The Morgan fingerprint density at radius 3 is 2.40 bits per heavy atom. The Kier molecular flexibility index (Phi) is 7.48. The van der Waals surface area contributed by atoms with Gasteiger partial charge in [-0.05, 0) is 24.2 Å². The van der Waals surface area contributed by atoms with Gasteiger partial charge in [0.25, 0.3) is 0 Å². The van der Waals surface area contributed by atoms with E-state index in [9.17, 15) is 9.59 Å². The van der Waals surface area contributed by atoms with Crippen molar-refractivity contribution in [2.45, 2.75) is 26.7 Å². The molecule has 0 rings (SSSR count). The molecule has 15 heavy (non-hydrogen) atoms. The maximum absolute atomic E-state index is 11.2. The molecule has 2 atom stereocenters. The van der Waals surface area contributed by atoms with E-state index in [2.05, 4.69) is 4.74 Å². The van der Waals surface area contributed by atoms with E-state index in [0.29, 0.717) is 5.75 Å². The first-order valence-electron chi connectivity index (χ1n) is 5.17. The molecule has 3 nitrogen and oxygen atoms in total. The summed E-state index contributed by atoms with van der Waals surface area (Å²) < 4.78 is 4.60. The van der Waals surface area contributed by atoms with Crippen LogP contribution in [0.15, 0.2) is 0 Å². The van der Waals surface area contributed by atoms with Crippen LogP contribution >= 0.6 is 0 Å². The van der Waals surface area contributed by atoms with E-state index >= 15 is 0 Å². The van der Waals surface area contributed by atoms with Crippen LogP contribution in [0.1, 0.15) is 26.7 Å². The maximum Gasteiger partial charge on any atom is 0.355 e. The Morgan fingerprint density at radius 2 is 2.00 bits per heavy atom. The van der Waals surface area contributed by atoms with Crippen LogP contribution in [0.2, 0.25) is 0 Å². The van der Waals surface area contributed by atoms with Crippen LogP contribution in [-0.2, 0) is 25.2 Å². The summed E-state index contributed by atoms with van der Waals surface area (Å²) in [6, 6.07) is 0. The van der Waals surface area contributed by atoms with Crippen molar-refractivity contribution < 1.29 is 14.3 Å². The second-order valence-corrected chi connectivity index (χ2v) is 5.97. The van der Waals surface area contributed by atoms with Gasteiger partial charge >= 0.3 is 5.97 Å². The number of carbonyl (C=O) groups is 2. The number of Topliss-reactive ketones (excluding diaryl/α,β-unsaturated/α-hetero) is 1. The second-order valence-electron chi connectivity index (χ2n) is 3.71. The van der Waals surface area contributed by atoms with Gasteiger partial charge in [0.1, 0.15) is 11.5 Å². The topological polar surface area (TPSA) is 43.4 Å². The van der Waals surface area contributed by atoms with Crippen molar-refractivity contribution >= 4 is 22.6 Å². The largest absolute Gasteiger partial charge is 0.466 e. The lowest BCUT2D eigenvalue weighted by atomic mass is 10.00. The molecule has 0 saturated heterocycles. The smallest absolute Gasteiger partial charge is 0.355 e. The number of esters is 1. The highest BCUT2D eigenvalue weighted by atomic mass is 32.2. The van der Waals surface area contributed by atoms with Gasteiger partial charge < -0.3 is 4.74 Å². The molecule has 0 saturated carbocycles. The summed E-state index contributed by atoms with van der Waals surface area (Å²) in [5.74, 6) is 1.68. The quantitative estimate of drug-likeness (QED) is 0.493. The number of rotatable bonds is 7. The molecule has 0 amide bonds. The summed E-state index contributed by atoms with van der Waals surface area (Å²) in [5, 5.41) is 0. The molecular formula is C11H21O3S+. The number of hydrogen-bond acceptors (Lipinski definition) is 3. The van der Waals surface area contributed by atoms with Gasteiger partial charge in [0.15, 0.2) is 0 Å². The maximum atomic E-state index is 11.2. The van der Waals surface area contributed by atoms with Crippen LogP contribution in [-0.4, -0.2) is 36.6 Å². The first-order valence-corrected chi connectivity index (χ1v) is 7.14. The third kappa shape index (κ3) is 6.55. The molecular weight excluding hydrogens is 212 g/mol. The molecule has 0 aromatic carbocycles. The van der Waals surface area contributed by atoms with Gasteiger partial charge in [0, 0.05) is 12.3 Å². The van der Waals surface area contributed by atoms with Gasteiger partial charge in [0.05, 0.1) is 13.4 Å². The minimum Gasteiger partial charge on any atom is -0.466 e. The molecule has 0 aliphatic rings. The van der Waals surface area contributed by atoms with Gasteiger partial charge in [-0.1, -0.05) is 6.92 Å². The van der Waals surface area contributed by atoms with E-state index in [4.69, 9.17) is 0 Å². The lowest BCUT2D eigenvalue weighted by molar-refractivity contribution is -0.137. The molecule has 0 radical (unpaired) electrons. The minimum atomic E-state index is -0.156. The molecule has 0 aliphatic heterocycles. The van der Waals surface area contributed by atoms with Crippen molar-refractivity contribution in [2.24, 2.45) is 5.92 Å². The fourth-order valence-electron chi connectivity index (χ4n) is 1.37. The predicted octanol–water partition coefficient (Wildman–Crippen LogP) is 1.41. The van der Waals surface area contributed by atoms with Crippen molar-refractivity contribution in [3.63, 3.8) is 0 Å². The van der Waals surface area contributed by atoms with Crippen LogP contribution in [0, 0.1) is 5.92 Å². The zero-order valence-electron chi connectivity index (χ0n) is 10.0. The fraction of sp³-hybridized carbons (Fsp3) is 0.818. The predicted molar refractivity (Wildman–Crippen MR) is 64.1 cm³/mol. The minimum absolute atomic E-state index is 0.0345. The first kappa shape index (κ1) is 14.5. The SMILES string of the molecule is CC[C@@H](CC[S+](C)CC(=O)OC)C(C)=O. The molecule has 0 spiro atoms. The van der Waals surface area contributed by atoms with Crippen LogP contribution in [0.25, 0.3) is 0 Å². The van der Waals surface area contributed by atoms with Crippen molar-refractivity contribution in [1.82, 2.24) is 0 Å². The van der Waals surface area contributed by atoms with Gasteiger partial charge in [-0.25, -0.2) is 4.79 Å². The lowest BCUT2D eigenvalue weighted by Gasteiger charge is -2.09. The normalized spacial score (nSPS) is 14.4. The van der Waals surface area contributed by atoms with Gasteiger partial charge in [0.2, 0.25) is 5.75 Å². The molecule has 0 bridgehead atoms. The van der Waals surface area contributed by atoms with Gasteiger partial charge in [-0.15, -0.1) is 0 Å². The lowest BCUT2D eigenvalue weighted by Crippen LogP contribution is -2.22. The van der Waals surface area contributed by atoms with Crippen molar-refractivity contribution in [3.8, 4) is 0 Å². The summed E-state index contributed by atoms with van der Waals surface area (Å²) in [5.41, 5.74) is 0. The number of methoxy groups -OCH3 is 1. The van der Waals surface area contributed by atoms with E-state index in [-0.39, 0.29) is 28.6 Å². The summed E-state index contributed by atoms with van der Waals surface area (Å²) in [6.07, 6.45) is 3.83. The number of carbonyl (C=O) groups excluding carboxylic acids is 2. The molecule has 0 N–H and O–H groups in total. The standard InChI is InChI=1S/C11H21O3S/c1-5-10(9(2)12)6-7-15(4)8-11(13)14-3/h10H,5-8H2,1-4H3/q+1/t10-,15?/m0/s1. The molecule has 0 aromatic heterocycles. The van der Waals surface area contributed by atoms with Crippen molar-refractivity contribution in [1.29, 1.82) is 0 Å². The van der Waals surface area contributed by atoms with Gasteiger partial charge in [-0.3, -0.25) is 4.79 Å². The number of ketones is 1. The van der Waals surface area contributed by atoms with Crippen LogP contribution < -0.4 is 0 Å². The third-order valence-corrected chi connectivity index (χ3v) is 4.14. The Morgan fingerprint density at radius 1 is 1.40 bits per heavy atom. The number of hydrogen-bond donors (Lipinski definition) is 0. The zero-order valence-corrected chi connectivity index (χ0v) is 10.9. The van der Waals surface area contributed by atoms with E-state index < -0.39 is 0 Å². The fourth-order valence-corrected chi connectivity index (χ4v) is 2.72. The molecule has 4 heteroatoms. The van der Waals surface area contributed by atoms with Crippen LogP contribution in [0.3, 0.4) is 0 Å². The third-order valence-electron chi connectivity index (χ3n) is 2.47. The molecule has 0 aliphatic carbocycles. The molecule has 0 fully saturated rings. The van der Waals surface area contributed by atoms with Crippen LogP contribution in [0.5, 0.6) is 0 Å². The summed E-state index contributed by atoms with van der Waals surface area (Å²) >= 11 is 0. The monoisotopic (exact) mass is 233 g/mol. The second kappa shape index (κ2) is 7.74. The first-order chi connectivity index (χ1) is 7.01. The van der Waals surface area contributed by atoms with Gasteiger partial charge in [-0.2, -0.15) is 0 Å². The van der Waals surface area contributed by atoms with E-state index in [1.54, 1.807) is 6.92 Å². The van der Waals surface area contributed by atoms with E-state index in [0.717, 1.165) is 18.6 Å². The highest BCUT2D eigenvalue weighted by molar-refractivity contribution is 7.96. The van der Waals surface area contributed by atoms with E-state index in [1.807, 2.05) is 13.2 Å². The Balaban J connectivity index is 3.82. The van der Waals surface area contributed by atoms with Crippen LogP contribution in [0.4, 0.5) is 0 Å². The Bertz CT molecular complexity index is 216. The average Bonchev–Trinajstić information content (AvgIpc) is 2.17.